The number of rotatable bonds is 7. The lowest BCUT2D eigenvalue weighted by atomic mass is 9.73. The van der Waals surface area contributed by atoms with Crippen molar-refractivity contribution in [1.29, 1.82) is 0 Å². The maximum absolute atomic E-state index is 13.4. The molecule has 0 radical (unpaired) electrons. The summed E-state index contributed by atoms with van der Waals surface area (Å²) < 4.78 is 45.3. The first kappa shape index (κ1) is 26.0. The topological polar surface area (TPSA) is 112 Å². The molecule has 2 N–H and O–H groups in total. The second kappa shape index (κ2) is 10.1. The highest BCUT2D eigenvalue weighted by Gasteiger charge is 2.54. The first-order chi connectivity index (χ1) is 17.5. The molecule has 0 saturated carbocycles. The number of hydrazone groups is 1. The van der Waals surface area contributed by atoms with Gasteiger partial charge >= 0.3 is 12.3 Å². The number of likely N-dealkylation sites (tertiary alicyclic amines) is 1. The number of carboxylic acid groups (broad SMARTS) is 1. The molecular formula is C25H25F3N4O5. The minimum atomic E-state index is -4.70. The number of amides is 3. The predicted octanol–water partition coefficient (Wildman–Crippen LogP) is 3.01. The van der Waals surface area contributed by atoms with Crippen LogP contribution in [0.4, 0.5) is 18.0 Å². The highest BCUT2D eigenvalue weighted by molar-refractivity contribution is 6.13. The number of piperidine rings is 1. The fourth-order valence-electron chi connectivity index (χ4n) is 4.76. The van der Waals surface area contributed by atoms with E-state index in [0.717, 1.165) is 17.7 Å². The van der Waals surface area contributed by atoms with Crippen LogP contribution in [-0.2, 0) is 22.2 Å². The lowest BCUT2D eigenvalue weighted by Gasteiger charge is -2.40. The largest absolute Gasteiger partial charge is 0.490 e. The van der Waals surface area contributed by atoms with Crippen LogP contribution in [0.5, 0.6) is 5.75 Å². The van der Waals surface area contributed by atoms with Gasteiger partial charge in [-0.1, -0.05) is 42.5 Å². The zero-order valence-corrected chi connectivity index (χ0v) is 19.9. The Morgan fingerprint density at radius 3 is 2.51 bits per heavy atom. The quantitative estimate of drug-likeness (QED) is 0.586. The molecule has 0 unspecified atom stereocenters. The summed E-state index contributed by atoms with van der Waals surface area (Å²) in [7, 11) is 1.54. The molecule has 2 aliphatic rings. The van der Waals surface area contributed by atoms with Crippen molar-refractivity contribution in [3.05, 3.63) is 65.7 Å². The highest BCUT2D eigenvalue weighted by Crippen LogP contribution is 2.39. The Bertz CT molecular complexity index is 1220. The number of hydrogen-bond acceptors (Lipinski definition) is 5. The number of alkyl halides is 3. The van der Waals surface area contributed by atoms with Crippen molar-refractivity contribution in [2.24, 2.45) is 10.5 Å². The standard InChI is InChI=1S/C25H25F3N4O5/c1-31-22(34)24(13-16-7-3-2-4-8-16)15-32(12-11-20(24)30-31)21(33)18(29-23(35)36)14-37-19-10-6-5-9-17(19)25(26,27)28/h2-10,18,29H,11-15H2,1H3,(H,35,36)/t18-,24-/m1/s1. The molecule has 1 fully saturated rings. The molecule has 0 aromatic heterocycles. The molecule has 37 heavy (non-hydrogen) atoms. The second-order valence-electron chi connectivity index (χ2n) is 8.94. The van der Waals surface area contributed by atoms with Gasteiger partial charge in [-0.15, -0.1) is 0 Å². The van der Waals surface area contributed by atoms with E-state index in [2.05, 4.69) is 5.10 Å². The van der Waals surface area contributed by atoms with E-state index in [1.807, 2.05) is 35.6 Å². The molecule has 1 saturated heterocycles. The maximum atomic E-state index is 13.4. The molecule has 2 aliphatic heterocycles. The van der Waals surface area contributed by atoms with Crippen molar-refractivity contribution in [3.8, 4) is 5.75 Å². The Labute approximate surface area is 210 Å². The highest BCUT2D eigenvalue weighted by atomic mass is 19.4. The number of carbonyl (C=O) groups excluding carboxylic acids is 2. The van der Waals surface area contributed by atoms with Gasteiger partial charge in [0.1, 0.15) is 23.8 Å². The number of nitrogens with one attached hydrogen (secondary N) is 1. The fraction of sp³-hybridized carbons (Fsp3) is 0.360. The Hall–Kier alpha value is -4.09. The van der Waals surface area contributed by atoms with Crippen molar-refractivity contribution in [2.45, 2.75) is 25.1 Å². The Morgan fingerprint density at radius 1 is 1.16 bits per heavy atom. The summed E-state index contributed by atoms with van der Waals surface area (Å²) in [5, 5.41) is 17.0. The van der Waals surface area contributed by atoms with Gasteiger partial charge in [0.05, 0.1) is 11.3 Å². The van der Waals surface area contributed by atoms with Gasteiger partial charge < -0.3 is 20.1 Å². The summed E-state index contributed by atoms with van der Waals surface area (Å²) >= 11 is 0. The van der Waals surface area contributed by atoms with Crippen LogP contribution < -0.4 is 10.1 Å². The van der Waals surface area contributed by atoms with Crippen LogP contribution in [0.2, 0.25) is 0 Å². The van der Waals surface area contributed by atoms with Gasteiger partial charge in [0, 0.05) is 26.6 Å². The van der Waals surface area contributed by atoms with Crippen molar-refractivity contribution in [3.63, 3.8) is 0 Å². The summed E-state index contributed by atoms with van der Waals surface area (Å²) in [5.74, 6) is -1.52. The van der Waals surface area contributed by atoms with Crippen molar-refractivity contribution < 1.29 is 37.4 Å². The van der Waals surface area contributed by atoms with E-state index >= 15 is 0 Å². The minimum Gasteiger partial charge on any atom is -0.490 e. The average Bonchev–Trinajstić information content (AvgIpc) is 3.10. The van der Waals surface area contributed by atoms with E-state index in [0.29, 0.717) is 5.71 Å². The first-order valence-electron chi connectivity index (χ1n) is 11.5. The summed E-state index contributed by atoms with van der Waals surface area (Å²) in [6.07, 6.45) is -5.67. The molecule has 2 aromatic carbocycles. The van der Waals surface area contributed by atoms with Crippen LogP contribution in [0.3, 0.4) is 0 Å². The van der Waals surface area contributed by atoms with Gasteiger partial charge in [0.25, 0.3) is 5.91 Å². The number of hydrogen-bond donors (Lipinski definition) is 2. The third-order valence-electron chi connectivity index (χ3n) is 6.46. The normalized spacial score (nSPS) is 20.2. The second-order valence-corrected chi connectivity index (χ2v) is 8.94. The zero-order valence-electron chi connectivity index (χ0n) is 19.9. The van der Waals surface area contributed by atoms with E-state index in [4.69, 9.17) is 4.74 Å². The van der Waals surface area contributed by atoms with E-state index in [1.165, 1.54) is 29.1 Å². The molecule has 0 bridgehead atoms. The minimum absolute atomic E-state index is 0.0559. The molecular weight excluding hydrogens is 493 g/mol. The van der Waals surface area contributed by atoms with Gasteiger partial charge in [0.15, 0.2) is 0 Å². The van der Waals surface area contributed by atoms with Crippen LogP contribution >= 0.6 is 0 Å². The molecule has 4 rings (SSSR count). The van der Waals surface area contributed by atoms with Gasteiger partial charge in [-0.2, -0.15) is 18.3 Å². The van der Waals surface area contributed by atoms with E-state index < -0.39 is 47.6 Å². The van der Waals surface area contributed by atoms with E-state index in [1.54, 1.807) is 0 Å². The fourth-order valence-corrected chi connectivity index (χ4v) is 4.76. The smallest absolute Gasteiger partial charge is 0.419 e. The molecule has 2 aromatic rings. The third kappa shape index (κ3) is 5.37. The molecule has 2 heterocycles. The number of fused-ring (bicyclic) bond motifs is 1. The van der Waals surface area contributed by atoms with Crippen LogP contribution in [0.15, 0.2) is 59.7 Å². The number of carbonyl (C=O) groups is 3. The third-order valence-corrected chi connectivity index (χ3v) is 6.46. The zero-order chi connectivity index (χ0) is 26.8. The molecule has 2 atom stereocenters. The Kier molecular flexibility index (Phi) is 7.10. The first-order valence-corrected chi connectivity index (χ1v) is 11.5. The van der Waals surface area contributed by atoms with E-state index in [-0.39, 0.29) is 31.8 Å². The average molecular weight is 518 g/mol. The molecule has 12 heteroatoms. The molecule has 9 nitrogen and oxygen atoms in total. The van der Waals surface area contributed by atoms with Gasteiger partial charge in [-0.3, -0.25) is 9.59 Å². The van der Waals surface area contributed by atoms with Crippen LogP contribution in [-0.4, -0.2) is 71.4 Å². The molecule has 0 spiro atoms. The summed E-state index contributed by atoms with van der Waals surface area (Å²) in [6, 6.07) is 12.2. The summed E-state index contributed by atoms with van der Waals surface area (Å²) in [5.41, 5.74) is -0.676. The van der Waals surface area contributed by atoms with Crippen LogP contribution in [0, 0.1) is 5.41 Å². The van der Waals surface area contributed by atoms with Crippen molar-refractivity contribution >= 4 is 23.6 Å². The lowest BCUT2D eigenvalue weighted by Crippen LogP contribution is -2.59. The monoisotopic (exact) mass is 518 g/mol. The van der Waals surface area contributed by atoms with Crippen molar-refractivity contribution in [2.75, 3.05) is 26.7 Å². The lowest BCUT2D eigenvalue weighted by molar-refractivity contribution is -0.141. The molecule has 0 aliphatic carbocycles. The van der Waals surface area contributed by atoms with Crippen LogP contribution in [0.25, 0.3) is 0 Å². The molecule has 3 amide bonds. The number of benzene rings is 2. The Morgan fingerprint density at radius 2 is 1.84 bits per heavy atom. The van der Waals surface area contributed by atoms with Gasteiger partial charge in [-0.05, 0) is 24.1 Å². The SMILES string of the molecule is CN1N=C2CCN(C(=O)[C@@H](COc3ccccc3C(F)(F)F)NC(=O)O)C[C@@]2(Cc2ccccc2)C1=O. The van der Waals surface area contributed by atoms with E-state index in [9.17, 15) is 32.7 Å². The number of ether oxygens (including phenoxy) is 1. The molecule has 196 valence electrons. The number of para-hydroxylation sites is 1. The maximum Gasteiger partial charge on any atom is 0.419 e. The Balaban J connectivity index is 1.57. The van der Waals surface area contributed by atoms with Crippen LogP contribution in [0.1, 0.15) is 17.5 Å². The van der Waals surface area contributed by atoms with Crippen molar-refractivity contribution in [1.82, 2.24) is 15.2 Å². The number of nitrogens with zero attached hydrogens (tertiary/aromatic N) is 3. The predicted molar refractivity (Wildman–Crippen MR) is 126 cm³/mol. The number of halogens is 3. The summed E-state index contributed by atoms with van der Waals surface area (Å²) in [4.78, 5) is 39.5. The van der Waals surface area contributed by atoms with Gasteiger partial charge in [-0.25, -0.2) is 9.80 Å². The summed E-state index contributed by atoms with van der Waals surface area (Å²) in [6.45, 7) is -0.568. The van der Waals surface area contributed by atoms with Gasteiger partial charge in [0.2, 0.25) is 5.91 Å².